The number of nitrogens with one attached hydrogen (secondary N) is 2. The quantitative estimate of drug-likeness (QED) is 0.459. The van der Waals surface area contributed by atoms with Gasteiger partial charge < -0.3 is 30.7 Å². The average Bonchev–Trinajstić information content (AvgIpc) is 3.32. The third-order valence-electron chi connectivity index (χ3n) is 7.09. The number of hydrogen-bond donors (Lipinski definition) is 3. The van der Waals surface area contributed by atoms with Gasteiger partial charge in [0.1, 0.15) is 29.3 Å². The molecular formula is C27H41FN4O5. The van der Waals surface area contributed by atoms with Gasteiger partial charge in [-0.1, -0.05) is 6.92 Å². The van der Waals surface area contributed by atoms with Crippen molar-refractivity contribution >= 4 is 17.9 Å². The number of carbonyl (C=O) groups excluding carboxylic acids is 3. The minimum absolute atomic E-state index is 0.0404. The molecule has 3 atom stereocenters. The first kappa shape index (κ1) is 28.7. The van der Waals surface area contributed by atoms with Crippen LogP contribution in [-0.2, 0) is 14.3 Å². The Kier molecular flexibility index (Phi) is 9.75. The van der Waals surface area contributed by atoms with Crippen molar-refractivity contribution in [1.82, 2.24) is 15.5 Å². The Hall–Kier alpha value is -2.88. The van der Waals surface area contributed by atoms with E-state index in [2.05, 4.69) is 17.6 Å². The molecule has 2 fully saturated rings. The molecule has 4 N–H and O–H groups in total. The number of hydrogen-bond acceptors (Lipinski definition) is 6. The van der Waals surface area contributed by atoms with Crippen molar-refractivity contribution in [2.24, 2.45) is 17.6 Å². The Balaban J connectivity index is 1.73. The Labute approximate surface area is 218 Å². The molecule has 2 aliphatic rings. The lowest BCUT2D eigenvalue weighted by Crippen LogP contribution is -2.49. The number of carbonyl (C=O) groups is 3. The van der Waals surface area contributed by atoms with Gasteiger partial charge in [-0.2, -0.15) is 0 Å². The normalized spacial score (nSPS) is 20.2. The lowest BCUT2D eigenvalue weighted by atomic mass is 9.84. The molecule has 0 aromatic heterocycles. The fourth-order valence-electron chi connectivity index (χ4n) is 5.03. The summed E-state index contributed by atoms with van der Waals surface area (Å²) in [6.45, 7) is 10.1. The SMILES string of the molecule is C[C@H](CCOc1ccc([C@H](NC(=O)OC(C)(C)C)C(=O)N2CCC[C@H]2C(N)=O)c(F)c1)C1CCNCC1. The number of alkyl carbamates (subject to hydrolysis) is 1. The van der Waals surface area contributed by atoms with Gasteiger partial charge >= 0.3 is 6.09 Å². The minimum Gasteiger partial charge on any atom is -0.493 e. The first-order chi connectivity index (χ1) is 17.5. The van der Waals surface area contributed by atoms with Gasteiger partial charge in [0.05, 0.1) is 6.61 Å². The van der Waals surface area contributed by atoms with Crippen LogP contribution in [0.1, 0.15) is 71.4 Å². The van der Waals surface area contributed by atoms with Crippen LogP contribution in [0.15, 0.2) is 18.2 Å². The summed E-state index contributed by atoms with van der Waals surface area (Å²) in [6, 6.07) is 2.04. The predicted octanol–water partition coefficient (Wildman–Crippen LogP) is 3.27. The van der Waals surface area contributed by atoms with Crippen molar-refractivity contribution in [3.63, 3.8) is 0 Å². The molecule has 1 aromatic rings. The van der Waals surface area contributed by atoms with Crippen LogP contribution >= 0.6 is 0 Å². The summed E-state index contributed by atoms with van der Waals surface area (Å²) in [4.78, 5) is 39.2. The van der Waals surface area contributed by atoms with Crippen LogP contribution in [0.25, 0.3) is 0 Å². The van der Waals surface area contributed by atoms with Gasteiger partial charge in [0.25, 0.3) is 5.91 Å². The number of likely N-dealkylation sites (tertiary alicyclic amines) is 1. The Morgan fingerprint density at radius 2 is 1.92 bits per heavy atom. The zero-order valence-electron chi connectivity index (χ0n) is 22.3. The molecule has 2 saturated heterocycles. The highest BCUT2D eigenvalue weighted by Gasteiger charge is 2.39. The molecular weight excluding hydrogens is 479 g/mol. The fourth-order valence-corrected chi connectivity index (χ4v) is 5.03. The van der Waals surface area contributed by atoms with Gasteiger partial charge in [-0.15, -0.1) is 0 Å². The second kappa shape index (κ2) is 12.6. The summed E-state index contributed by atoms with van der Waals surface area (Å²) in [7, 11) is 0. The summed E-state index contributed by atoms with van der Waals surface area (Å²) >= 11 is 0. The first-order valence-corrected chi connectivity index (χ1v) is 13.2. The minimum atomic E-state index is -1.39. The lowest BCUT2D eigenvalue weighted by molar-refractivity contribution is -0.139. The van der Waals surface area contributed by atoms with Crippen molar-refractivity contribution in [3.8, 4) is 5.75 Å². The molecule has 10 heteroatoms. The van der Waals surface area contributed by atoms with Gasteiger partial charge in [0.15, 0.2) is 0 Å². The molecule has 0 unspecified atom stereocenters. The topological polar surface area (TPSA) is 123 Å². The second-order valence-electron chi connectivity index (χ2n) is 11.1. The Bertz CT molecular complexity index is 961. The number of amides is 3. The molecule has 0 bridgehead atoms. The lowest BCUT2D eigenvalue weighted by Gasteiger charge is -2.29. The van der Waals surface area contributed by atoms with Crippen molar-refractivity contribution in [2.45, 2.75) is 77.5 Å². The molecule has 0 aliphatic carbocycles. The molecule has 9 nitrogen and oxygen atoms in total. The number of ether oxygens (including phenoxy) is 2. The van der Waals surface area contributed by atoms with Gasteiger partial charge in [-0.3, -0.25) is 9.59 Å². The maximum absolute atomic E-state index is 15.3. The first-order valence-electron chi connectivity index (χ1n) is 13.2. The summed E-state index contributed by atoms with van der Waals surface area (Å²) in [5.74, 6) is -0.443. The molecule has 2 aliphatic heterocycles. The smallest absolute Gasteiger partial charge is 0.408 e. The average molecular weight is 521 g/mol. The summed E-state index contributed by atoms with van der Waals surface area (Å²) < 4.78 is 26.4. The van der Waals surface area contributed by atoms with Gasteiger partial charge in [0.2, 0.25) is 5.91 Å². The van der Waals surface area contributed by atoms with Gasteiger partial charge in [0, 0.05) is 18.2 Å². The van der Waals surface area contributed by atoms with Crippen LogP contribution in [0.5, 0.6) is 5.75 Å². The number of piperidine rings is 1. The molecule has 1 aromatic carbocycles. The van der Waals surface area contributed by atoms with E-state index >= 15 is 4.39 Å². The molecule has 2 heterocycles. The van der Waals surface area contributed by atoms with E-state index in [9.17, 15) is 14.4 Å². The van der Waals surface area contributed by atoms with E-state index in [1.54, 1.807) is 26.8 Å². The third kappa shape index (κ3) is 8.05. The van der Waals surface area contributed by atoms with Crippen molar-refractivity contribution < 1.29 is 28.2 Å². The van der Waals surface area contributed by atoms with Crippen LogP contribution in [0.4, 0.5) is 9.18 Å². The number of halogens is 1. The highest BCUT2D eigenvalue weighted by Crippen LogP contribution is 2.29. The predicted molar refractivity (Wildman–Crippen MR) is 137 cm³/mol. The van der Waals surface area contributed by atoms with E-state index in [1.807, 2.05) is 0 Å². The number of nitrogens with two attached hydrogens (primary N) is 1. The van der Waals surface area contributed by atoms with Crippen molar-refractivity contribution in [1.29, 1.82) is 0 Å². The number of primary amides is 1. The third-order valence-corrected chi connectivity index (χ3v) is 7.09. The second-order valence-corrected chi connectivity index (χ2v) is 11.1. The van der Waals surface area contributed by atoms with E-state index in [1.165, 1.54) is 17.0 Å². The number of benzene rings is 1. The number of nitrogens with zero attached hydrogens (tertiary/aromatic N) is 1. The Morgan fingerprint density at radius 3 is 2.54 bits per heavy atom. The zero-order valence-corrected chi connectivity index (χ0v) is 22.3. The van der Waals surface area contributed by atoms with Crippen LogP contribution in [-0.4, -0.2) is 60.7 Å². The van der Waals surface area contributed by atoms with Crippen molar-refractivity contribution in [3.05, 3.63) is 29.6 Å². The molecule has 3 rings (SSSR count). The van der Waals surface area contributed by atoms with E-state index in [0.717, 1.165) is 32.4 Å². The highest BCUT2D eigenvalue weighted by atomic mass is 19.1. The van der Waals surface area contributed by atoms with Crippen LogP contribution in [0.2, 0.25) is 0 Å². The van der Waals surface area contributed by atoms with E-state index in [-0.39, 0.29) is 12.1 Å². The van der Waals surface area contributed by atoms with Crippen LogP contribution < -0.4 is 21.1 Å². The molecule has 0 radical (unpaired) electrons. The van der Waals surface area contributed by atoms with Crippen molar-refractivity contribution in [2.75, 3.05) is 26.2 Å². The van der Waals surface area contributed by atoms with Gasteiger partial charge in [-0.25, -0.2) is 9.18 Å². The maximum Gasteiger partial charge on any atom is 0.408 e. The summed E-state index contributed by atoms with van der Waals surface area (Å²) in [6.07, 6.45) is 3.30. The van der Waals surface area contributed by atoms with Crippen LogP contribution in [0, 0.1) is 17.7 Å². The standard InChI is InChI=1S/C27H41FN4O5/c1-17(18-9-12-30-13-10-18)11-15-36-19-7-8-20(21(28)16-19)23(31-26(35)37-27(2,3)4)25(34)32-14-5-6-22(32)24(29)33/h7-8,16-18,22-23,30H,5-6,9-15H2,1-4H3,(H2,29,33)(H,31,35)/t17-,22+,23+/m1/s1. The molecule has 3 amide bonds. The van der Waals surface area contributed by atoms with Gasteiger partial charge in [-0.05, 0) is 89.9 Å². The molecule has 206 valence electrons. The molecule has 0 saturated carbocycles. The zero-order chi connectivity index (χ0) is 27.2. The Morgan fingerprint density at radius 1 is 1.22 bits per heavy atom. The number of rotatable bonds is 9. The van der Waals surface area contributed by atoms with Crippen LogP contribution in [0.3, 0.4) is 0 Å². The van der Waals surface area contributed by atoms with E-state index < -0.39 is 41.4 Å². The summed E-state index contributed by atoms with van der Waals surface area (Å²) in [5, 5.41) is 5.86. The van der Waals surface area contributed by atoms with E-state index in [4.69, 9.17) is 15.2 Å². The monoisotopic (exact) mass is 520 g/mol. The largest absolute Gasteiger partial charge is 0.493 e. The molecule has 37 heavy (non-hydrogen) atoms. The maximum atomic E-state index is 15.3. The molecule has 0 spiro atoms. The fraction of sp³-hybridized carbons (Fsp3) is 0.667. The van der Waals surface area contributed by atoms with E-state index in [0.29, 0.717) is 37.0 Å². The highest BCUT2D eigenvalue weighted by molar-refractivity contribution is 5.92. The summed E-state index contributed by atoms with van der Waals surface area (Å²) in [5.41, 5.74) is 4.62.